The van der Waals surface area contributed by atoms with E-state index in [1.54, 1.807) is 42.1 Å². The summed E-state index contributed by atoms with van der Waals surface area (Å²) in [6, 6.07) is 12.9. The average Bonchev–Trinajstić information content (AvgIpc) is 3.52. The molecule has 4 aromatic rings. The van der Waals surface area contributed by atoms with Crippen LogP contribution in [0.1, 0.15) is 47.7 Å². The summed E-state index contributed by atoms with van der Waals surface area (Å²) >= 11 is 7.44. The van der Waals surface area contributed by atoms with Crippen molar-refractivity contribution in [2.75, 3.05) is 0 Å². The average molecular weight is 623 g/mol. The highest BCUT2D eigenvalue weighted by molar-refractivity contribution is 7.16. The topological polar surface area (TPSA) is 126 Å². The molecule has 0 aliphatic carbocycles. The number of aromatic nitrogens is 2. The number of carbonyl (C=O) groups excluding carboxylic acids is 3. The molecular weight excluding hydrogens is 597 g/mol. The molecule has 2 aromatic heterocycles. The number of nitrogens with two attached hydrogens (primary N) is 1. The second-order valence-corrected chi connectivity index (χ2v) is 11.0. The summed E-state index contributed by atoms with van der Waals surface area (Å²) in [6.07, 6.45) is -3.75. The van der Waals surface area contributed by atoms with Crippen molar-refractivity contribution < 1.29 is 37.0 Å². The molecular formula is C28H26ClF3N4O5S. The Labute approximate surface area is 247 Å². The number of hydrogen-bond donors (Lipinski definition) is 2. The van der Waals surface area contributed by atoms with E-state index < -0.39 is 36.2 Å². The van der Waals surface area contributed by atoms with Gasteiger partial charge in [0.05, 0.1) is 11.0 Å². The van der Waals surface area contributed by atoms with Crippen molar-refractivity contribution in [1.29, 1.82) is 0 Å². The van der Waals surface area contributed by atoms with Crippen LogP contribution in [0.2, 0.25) is 5.02 Å². The number of halogens is 4. The van der Waals surface area contributed by atoms with E-state index in [0.717, 1.165) is 22.5 Å². The maximum absolute atomic E-state index is 12.4. The SMILES string of the molecule is CC(Cc1ccc2ncn(-c3cc(O[C@H](C)c4ccccc4Cl)c(C(N)=O)s3)c2c1)N[C@@H](C)C(=O)OC(=O)C(F)(F)F. The van der Waals surface area contributed by atoms with Gasteiger partial charge in [0, 0.05) is 22.7 Å². The van der Waals surface area contributed by atoms with Gasteiger partial charge in [0.15, 0.2) is 0 Å². The van der Waals surface area contributed by atoms with Crippen LogP contribution in [0.5, 0.6) is 5.75 Å². The number of amides is 1. The lowest BCUT2D eigenvalue weighted by Gasteiger charge is -2.19. The first kappa shape index (κ1) is 31.0. The maximum atomic E-state index is 12.4. The van der Waals surface area contributed by atoms with Gasteiger partial charge >= 0.3 is 18.1 Å². The quantitative estimate of drug-likeness (QED) is 0.176. The molecule has 0 bridgehead atoms. The summed E-state index contributed by atoms with van der Waals surface area (Å²) in [5.41, 5.74) is 8.61. The van der Waals surface area contributed by atoms with Gasteiger partial charge in [-0.25, -0.2) is 14.6 Å². The van der Waals surface area contributed by atoms with Gasteiger partial charge in [-0.05, 0) is 51.0 Å². The summed E-state index contributed by atoms with van der Waals surface area (Å²) in [6.45, 7) is 4.85. The number of rotatable bonds is 10. The molecule has 1 unspecified atom stereocenters. The molecule has 0 saturated carbocycles. The van der Waals surface area contributed by atoms with Crippen LogP contribution >= 0.6 is 22.9 Å². The zero-order valence-corrected chi connectivity index (χ0v) is 24.1. The first-order valence-electron chi connectivity index (χ1n) is 12.6. The van der Waals surface area contributed by atoms with E-state index in [0.29, 0.717) is 33.2 Å². The Morgan fingerprint density at radius 1 is 1.12 bits per heavy atom. The van der Waals surface area contributed by atoms with Crippen molar-refractivity contribution in [3.63, 3.8) is 0 Å². The molecule has 0 radical (unpaired) electrons. The monoisotopic (exact) mass is 622 g/mol. The highest BCUT2D eigenvalue weighted by Crippen LogP contribution is 2.37. The summed E-state index contributed by atoms with van der Waals surface area (Å²) in [7, 11) is 0. The van der Waals surface area contributed by atoms with Crippen LogP contribution < -0.4 is 15.8 Å². The number of hydrogen-bond acceptors (Lipinski definition) is 8. The third kappa shape index (κ3) is 7.09. The molecule has 14 heteroatoms. The van der Waals surface area contributed by atoms with Crippen molar-refractivity contribution in [2.45, 2.75) is 51.6 Å². The zero-order chi connectivity index (χ0) is 30.8. The van der Waals surface area contributed by atoms with E-state index in [9.17, 15) is 27.6 Å². The molecule has 0 aliphatic rings. The highest BCUT2D eigenvalue weighted by atomic mass is 35.5. The summed E-state index contributed by atoms with van der Waals surface area (Å²) in [4.78, 5) is 39.8. The first-order valence-corrected chi connectivity index (χ1v) is 13.8. The number of primary amides is 1. The molecule has 0 fully saturated rings. The molecule has 4 rings (SSSR count). The van der Waals surface area contributed by atoms with Gasteiger partial charge in [-0.2, -0.15) is 13.2 Å². The minimum Gasteiger partial charge on any atom is -0.484 e. The van der Waals surface area contributed by atoms with Gasteiger partial charge in [-0.1, -0.05) is 35.9 Å². The Balaban J connectivity index is 1.52. The lowest BCUT2D eigenvalue weighted by molar-refractivity contribution is -0.202. The number of carbonyl (C=O) groups is 3. The van der Waals surface area contributed by atoms with Crippen molar-refractivity contribution >= 4 is 51.8 Å². The van der Waals surface area contributed by atoms with Crippen molar-refractivity contribution in [2.24, 2.45) is 5.73 Å². The van der Waals surface area contributed by atoms with Crippen LogP contribution in [-0.4, -0.2) is 45.7 Å². The Morgan fingerprint density at radius 3 is 2.50 bits per heavy atom. The lowest BCUT2D eigenvalue weighted by atomic mass is 10.1. The van der Waals surface area contributed by atoms with Gasteiger partial charge in [0.1, 0.15) is 34.1 Å². The fourth-order valence-corrected chi connectivity index (χ4v) is 5.52. The highest BCUT2D eigenvalue weighted by Gasteiger charge is 2.43. The van der Waals surface area contributed by atoms with E-state index in [1.165, 1.54) is 6.92 Å². The lowest BCUT2D eigenvalue weighted by Crippen LogP contribution is -2.43. The normalized spacial score (nSPS) is 13.9. The van der Waals surface area contributed by atoms with Crippen LogP contribution in [0.3, 0.4) is 0 Å². The minimum absolute atomic E-state index is 0.226. The predicted octanol–water partition coefficient (Wildman–Crippen LogP) is 5.52. The molecule has 0 saturated heterocycles. The number of benzene rings is 2. The molecule has 3 atom stereocenters. The third-order valence-electron chi connectivity index (χ3n) is 6.26. The Kier molecular flexibility index (Phi) is 9.24. The van der Waals surface area contributed by atoms with Crippen LogP contribution in [-0.2, 0) is 20.7 Å². The molecule has 2 heterocycles. The summed E-state index contributed by atoms with van der Waals surface area (Å²) < 4.78 is 49.0. The molecule has 0 spiro atoms. The fourth-order valence-electron chi connectivity index (χ4n) is 4.30. The number of nitrogens with zero attached hydrogens (tertiary/aromatic N) is 2. The van der Waals surface area contributed by atoms with Gasteiger partial charge in [0.25, 0.3) is 5.91 Å². The number of esters is 2. The maximum Gasteiger partial charge on any atom is 0.491 e. The van der Waals surface area contributed by atoms with Crippen molar-refractivity contribution in [3.05, 3.63) is 75.9 Å². The molecule has 0 aliphatic heterocycles. The number of ether oxygens (including phenoxy) is 2. The summed E-state index contributed by atoms with van der Waals surface area (Å²) in [5.74, 6) is -4.24. The fraction of sp³-hybridized carbons (Fsp3) is 0.286. The van der Waals surface area contributed by atoms with Crippen LogP contribution in [0.4, 0.5) is 13.2 Å². The molecule has 2 aromatic carbocycles. The van der Waals surface area contributed by atoms with Gasteiger partial charge < -0.3 is 20.5 Å². The predicted molar refractivity (Wildman–Crippen MR) is 151 cm³/mol. The molecule has 222 valence electrons. The second-order valence-electron chi connectivity index (χ2n) is 9.56. The van der Waals surface area contributed by atoms with Gasteiger partial charge in [-0.3, -0.25) is 9.36 Å². The number of imidazole rings is 1. The summed E-state index contributed by atoms with van der Waals surface area (Å²) in [5, 5.41) is 3.99. The Hall–Kier alpha value is -3.94. The van der Waals surface area contributed by atoms with Gasteiger partial charge in [0.2, 0.25) is 0 Å². The smallest absolute Gasteiger partial charge is 0.484 e. The van der Waals surface area contributed by atoms with E-state index in [-0.39, 0.29) is 10.9 Å². The number of fused-ring (bicyclic) bond motifs is 1. The molecule has 1 amide bonds. The van der Waals surface area contributed by atoms with Gasteiger partial charge in [-0.15, -0.1) is 11.3 Å². The molecule has 3 N–H and O–H groups in total. The minimum atomic E-state index is -5.26. The number of thiophene rings is 1. The standard InChI is InChI=1S/C28H26ClF3N4O5S/c1-14(35-15(2)26(38)41-27(39)28(30,31)32)10-17-8-9-20-21(11-17)36(13-34-20)23-12-22(24(42-23)25(33)37)40-16(3)18-6-4-5-7-19(18)29/h4-9,11-16,35H,10H2,1-3H3,(H2,33,37)/t14?,15-,16+/m0/s1. The van der Waals surface area contributed by atoms with Crippen LogP contribution in [0, 0.1) is 0 Å². The van der Waals surface area contributed by atoms with E-state index >= 15 is 0 Å². The van der Waals surface area contributed by atoms with E-state index in [4.69, 9.17) is 22.1 Å². The molecule has 42 heavy (non-hydrogen) atoms. The van der Waals surface area contributed by atoms with Crippen molar-refractivity contribution in [1.82, 2.24) is 14.9 Å². The largest absolute Gasteiger partial charge is 0.491 e. The second kappa shape index (κ2) is 12.5. The van der Waals surface area contributed by atoms with Crippen LogP contribution in [0.15, 0.2) is 54.9 Å². The zero-order valence-electron chi connectivity index (χ0n) is 22.6. The number of alkyl halides is 3. The molecule has 9 nitrogen and oxygen atoms in total. The Bertz CT molecular complexity index is 1640. The van der Waals surface area contributed by atoms with E-state index in [2.05, 4.69) is 15.0 Å². The van der Waals surface area contributed by atoms with Crippen LogP contribution in [0.25, 0.3) is 16.0 Å². The third-order valence-corrected chi connectivity index (χ3v) is 7.73. The first-order chi connectivity index (χ1) is 19.7. The van der Waals surface area contributed by atoms with E-state index in [1.807, 2.05) is 31.2 Å². The Morgan fingerprint density at radius 2 is 1.83 bits per heavy atom. The van der Waals surface area contributed by atoms with Crippen molar-refractivity contribution in [3.8, 4) is 10.8 Å². The number of nitrogens with one attached hydrogen (secondary N) is 1.